The van der Waals surface area contributed by atoms with Gasteiger partial charge in [-0.1, -0.05) is 6.92 Å². The van der Waals surface area contributed by atoms with Gasteiger partial charge in [0.15, 0.2) is 0 Å². The molecule has 2 rings (SSSR count). The molecule has 0 saturated carbocycles. The normalized spacial score (nSPS) is 16.9. The average Bonchev–Trinajstić information content (AvgIpc) is 2.52. The van der Waals surface area contributed by atoms with Gasteiger partial charge in [0.2, 0.25) is 0 Å². The monoisotopic (exact) mass is 222 g/mol. The number of aliphatic carboxylic acids is 1. The van der Waals surface area contributed by atoms with Crippen LogP contribution in [0.4, 0.5) is 0 Å². The number of aryl methyl sites for hydroxylation is 2. The Morgan fingerprint density at radius 3 is 3.00 bits per heavy atom. The van der Waals surface area contributed by atoms with Crippen molar-refractivity contribution in [3.8, 4) is 0 Å². The third-order valence-electron chi connectivity index (χ3n) is 3.25. The van der Waals surface area contributed by atoms with Gasteiger partial charge in [-0.15, -0.1) is 0 Å². The largest absolute Gasteiger partial charge is 0.481 e. The van der Waals surface area contributed by atoms with E-state index in [9.17, 15) is 4.79 Å². The van der Waals surface area contributed by atoms with Gasteiger partial charge in [-0.3, -0.25) is 4.79 Å². The molecule has 2 heterocycles. The van der Waals surface area contributed by atoms with E-state index >= 15 is 0 Å². The van der Waals surface area contributed by atoms with E-state index in [2.05, 4.69) is 9.55 Å². The van der Waals surface area contributed by atoms with Gasteiger partial charge in [0.05, 0.1) is 12.1 Å². The minimum atomic E-state index is -0.738. The van der Waals surface area contributed by atoms with E-state index in [1.165, 1.54) is 12.8 Å². The molecule has 0 aromatic carbocycles. The Kier molecular flexibility index (Phi) is 2.99. The predicted molar refractivity (Wildman–Crippen MR) is 60.6 cm³/mol. The lowest BCUT2D eigenvalue weighted by molar-refractivity contribution is -0.137. The van der Waals surface area contributed by atoms with Gasteiger partial charge in [-0.25, -0.2) is 4.98 Å². The lowest BCUT2D eigenvalue weighted by Crippen LogP contribution is -2.16. The summed E-state index contributed by atoms with van der Waals surface area (Å²) in [6, 6.07) is 0. The molecule has 0 spiro atoms. The van der Waals surface area contributed by atoms with Crippen LogP contribution in [0.1, 0.15) is 49.3 Å². The van der Waals surface area contributed by atoms with E-state index in [0.29, 0.717) is 0 Å². The number of carbonyl (C=O) groups is 1. The minimum Gasteiger partial charge on any atom is -0.481 e. The van der Waals surface area contributed by atoms with Crippen LogP contribution < -0.4 is 0 Å². The van der Waals surface area contributed by atoms with Crippen molar-refractivity contribution >= 4 is 5.97 Å². The summed E-state index contributed by atoms with van der Waals surface area (Å²) in [7, 11) is 0. The first kappa shape index (κ1) is 11.2. The van der Waals surface area contributed by atoms with E-state index in [4.69, 9.17) is 5.11 Å². The van der Waals surface area contributed by atoms with Crippen molar-refractivity contribution in [3.05, 3.63) is 17.2 Å². The Bertz CT molecular complexity index is 409. The Balaban J connectivity index is 2.32. The van der Waals surface area contributed by atoms with Gasteiger partial charge in [-0.2, -0.15) is 0 Å². The Hall–Kier alpha value is -1.32. The van der Waals surface area contributed by atoms with Gasteiger partial charge in [-0.05, 0) is 19.8 Å². The van der Waals surface area contributed by atoms with E-state index in [1.54, 1.807) is 0 Å². The Labute approximate surface area is 95.3 Å². The summed E-state index contributed by atoms with van der Waals surface area (Å²) in [6.45, 7) is 4.95. The summed E-state index contributed by atoms with van der Waals surface area (Å²) >= 11 is 0. The molecule has 0 bridgehead atoms. The zero-order valence-corrected chi connectivity index (χ0v) is 9.86. The molecule has 1 atom stereocenters. The fraction of sp³-hybridized carbons (Fsp3) is 0.667. The lowest BCUT2D eigenvalue weighted by atomic mass is 10.0. The molecule has 1 aromatic rings. The second-order valence-corrected chi connectivity index (χ2v) is 4.61. The van der Waals surface area contributed by atoms with Gasteiger partial charge >= 0.3 is 5.97 Å². The smallest absolute Gasteiger partial charge is 0.304 e. The number of carboxylic acid groups (broad SMARTS) is 1. The number of fused-ring (bicyclic) bond motifs is 1. The number of hydrogen-bond donors (Lipinski definition) is 1. The van der Waals surface area contributed by atoms with Crippen LogP contribution in [0.3, 0.4) is 0 Å². The number of aromatic nitrogens is 2. The second kappa shape index (κ2) is 4.28. The summed E-state index contributed by atoms with van der Waals surface area (Å²) in [4.78, 5) is 15.3. The van der Waals surface area contributed by atoms with Crippen molar-refractivity contribution in [1.82, 2.24) is 9.55 Å². The Morgan fingerprint density at radius 1 is 1.56 bits per heavy atom. The third kappa shape index (κ3) is 1.96. The van der Waals surface area contributed by atoms with Crippen molar-refractivity contribution in [2.24, 2.45) is 0 Å². The molecule has 0 radical (unpaired) electrons. The molecule has 16 heavy (non-hydrogen) atoms. The first-order chi connectivity index (χ1) is 7.59. The fourth-order valence-corrected chi connectivity index (χ4v) is 2.62. The van der Waals surface area contributed by atoms with Crippen LogP contribution in [0, 0.1) is 6.92 Å². The van der Waals surface area contributed by atoms with Crippen molar-refractivity contribution in [2.75, 3.05) is 0 Å². The molecule has 1 aromatic heterocycles. The standard InChI is InChI=1S/C12H18N2O2/c1-8(7-11(15)16)12-9(2)13-10-5-3-4-6-14(10)12/h8H,3-7H2,1-2H3,(H,15,16). The highest BCUT2D eigenvalue weighted by atomic mass is 16.4. The van der Waals surface area contributed by atoms with E-state index in [-0.39, 0.29) is 12.3 Å². The van der Waals surface area contributed by atoms with Gasteiger partial charge in [0.25, 0.3) is 0 Å². The van der Waals surface area contributed by atoms with Gasteiger partial charge in [0.1, 0.15) is 5.82 Å². The average molecular weight is 222 g/mol. The van der Waals surface area contributed by atoms with Crippen molar-refractivity contribution in [2.45, 2.75) is 52.0 Å². The number of hydrogen-bond acceptors (Lipinski definition) is 2. The molecule has 1 aliphatic rings. The molecule has 0 saturated heterocycles. The molecule has 0 amide bonds. The summed E-state index contributed by atoms with van der Waals surface area (Å²) in [6.07, 6.45) is 3.59. The number of imidazole rings is 1. The molecule has 4 nitrogen and oxygen atoms in total. The van der Waals surface area contributed by atoms with Crippen LogP contribution in [0.15, 0.2) is 0 Å². The van der Waals surface area contributed by atoms with Crippen molar-refractivity contribution < 1.29 is 9.90 Å². The zero-order valence-electron chi connectivity index (χ0n) is 9.86. The molecule has 0 fully saturated rings. The van der Waals surface area contributed by atoms with E-state index < -0.39 is 5.97 Å². The van der Waals surface area contributed by atoms with Crippen LogP contribution >= 0.6 is 0 Å². The number of carboxylic acids is 1. The maximum absolute atomic E-state index is 10.8. The van der Waals surface area contributed by atoms with Crippen LogP contribution in [-0.4, -0.2) is 20.6 Å². The van der Waals surface area contributed by atoms with Crippen LogP contribution in [-0.2, 0) is 17.8 Å². The molecule has 1 aliphatic heterocycles. The first-order valence-corrected chi connectivity index (χ1v) is 5.87. The minimum absolute atomic E-state index is 0.0526. The third-order valence-corrected chi connectivity index (χ3v) is 3.25. The Morgan fingerprint density at radius 2 is 2.31 bits per heavy atom. The first-order valence-electron chi connectivity index (χ1n) is 5.87. The molecule has 4 heteroatoms. The summed E-state index contributed by atoms with van der Waals surface area (Å²) in [5, 5.41) is 8.85. The lowest BCUT2D eigenvalue weighted by Gasteiger charge is -2.19. The quantitative estimate of drug-likeness (QED) is 0.852. The second-order valence-electron chi connectivity index (χ2n) is 4.61. The molecular formula is C12H18N2O2. The molecule has 0 aliphatic carbocycles. The SMILES string of the molecule is Cc1nc2n(c1C(C)CC(=O)O)CCCC2. The number of rotatable bonds is 3. The maximum Gasteiger partial charge on any atom is 0.304 e. The molecule has 1 N–H and O–H groups in total. The van der Waals surface area contributed by atoms with Crippen molar-refractivity contribution in [1.29, 1.82) is 0 Å². The topological polar surface area (TPSA) is 55.1 Å². The van der Waals surface area contributed by atoms with Crippen LogP contribution in [0.2, 0.25) is 0 Å². The van der Waals surface area contributed by atoms with Gasteiger partial charge in [0, 0.05) is 24.6 Å². The highest BCUT2D eigenvalue weighted by Gasteiger charge is 2.22. The molecule has 88 valence electrons. The molecular weight excluding hydrogens is 204 g/mol. The maximum atomic E-state index is 10.8. The molecule has 1 unspecified atom stereocenters. The zero-order chi connectivity index (χ0) is 11.7. The van der Waals surface area contributed by atoms with E-state index in [1.807, 2.05) is 13.8 Å². The van der Waals surface area contributed by atoms with Crippen molar-refractivity contribution in [3.63, 3.8) is 0 Å². The van der Waals surface area contributed by atoms with Crippen LogP contribution in [0.25, 0.3) is 0 Å². The summed E-state index contributed by atoms with van der Waals surface area (Å²) in [5.74, 6) is 0.450. The van der Waals surface area contributed by atoms with Crippen LogP contribution in [0.5, 0.6) is 0 Å². The van der Waals surface area contributed by atoms with E-state index in [0.717, 1.165) is 30.2 Å². The highest BCUT2D eigenvalue weighted by molar-refractivity contribution is 5.67. The van der Waals surface area contributed by atoms with Gasteiger partial charge < -0.3 is 9.67 Å². The highest BCUT2D eigenvalue weighted by Crippen LogP contribution is 2.27. The fourth-order valence-electron chi connectivity index (χ4n) is 2.62. The summed E-state index contributed by atoms with van der Waals surface area (Å²) in [5.41, 5.74) is 2.13. The number of nitrogens with zero attached hydrogens (tertiary/aromatic N) is 2. The predicted octanol–water partition coefficient (Wildman–Crippen LogP) is 2.11. The summed E-state index contributed by atoms with van der Waals surface area (Å²) < 4.78 is 2.23.